The van der Waals surface area contributed by atoms with E-state index in [9.17, 15) is 9.59 Å². The van der Waals surface area contributed by atoms with Gasteiger partial charge in [0, 0.05) is 6.42 Å². The van der Waals surface area contributed by atoms with E-state index in [1.807, 2.05) is 42.5 Å². The lowest BCUT2D eigenvalue weighted by Crippen LogP contribution is -2.41. The van der Waals surface area contributed by atoms with Gasteiger partial charge < -0.3 is 10.1 Å². The van der Waals surface area contributed by atoms with Crippen LogP contribution >= 0.6 is 0 Å². The molecule has 0 spiro atoms. The Hall–Kier alpha value is -3.40. The summed E-state index contributed by atoms with van der Waals surface area (Å²) in [7, 11) is 0. The molecule has 4 heteroatoms. The first-order valence-corrected chi connectivity index (χ1v) is 11.3. The summed E-state index contributed by atoms with van der Waals surface area (Å²) in [5.74, 6) is 0.0501. The topological polar surface area (TPSA) is 55.4 Å². The molecule has 5 rings (SSSR count). The minimum atomic E-state index is -0.535. The number of aryl methyl sites for hydroxylation is 1. The third-order valence-corrected chi connectivity index (χ3v) is 5.94. The van der Waals surface area contributed by atoms with Gasteiger partial charge in [0.2, 0.25) is 0 Å². The van der Waals surface area contributed by atoms with Gasteiger partial charge in [-0.3, -0.25) is 4.79 Å². The molecular formula is C28H29NO3. The first-order valence-electron chi connectivity index (χ1n) is 11.3. The molecule has 3 aliphatic carbocycles. The maximum Gasteiger partial charge on any atom is 0.408 e. The highest BCUT2D eigenvalue weighted by Gasteiger charge is 2.26. The van der Waals surface area contributed by atoms with Crippen LogP contribution < -0.4 is 5.32 Å². The van der Waals surface area contributed by atoms with Crippen LogP contribution in [0.25, 0.3) is 11.1 Å². The Morgan fingerprint density at radius 2 is 1.75 bits per heavy atom. The predicted molar refractivity (Wildman–Crippen MR) is 126 cm³/mol. The monoisotopic (exact) mass is 427 g/mol. The van der Waals surface area contributed by atoms with Gasteiger partial charge in [0.05, 0.1) is 6.04 Å². The van der Waals surface area contributed by atoms with E-state index in [4.69, 9.17) is 4.74 Å². The van der Waals surface area contributed by atoms with Crippen molar-refractivity contribution in [2.45, 2.75) is 51.7 Å². The number of carbonyl (C=O) groups is 2. The molecule has 0 heterocycles. The number of hydrogen-bond donors (Lipinski definition) is 1. The Bertz CT molecular complexity index is 1070. The van der Waals surface area contributed by atoms with E-state index in [0.717, 1.165) is 30.4 Å². The van der Waals surface area contributed by atoms with E-state index >= 15 is 0 Å². The molecule has 3 aliphatic rings. The van der Waals surface area contributed by atoms with Gasteiger partial charge in [0.1, 0.15) is 6.61 Å². The molecule has 1 N–H and O–H groups in total. The van der Waals surface area contributed by atoms with Gasteiger partial charge in [-0.1, -0.05) is 80.1 Å². The molecule has 1 amide bonds. The number of ketones is 1. The molecule has 32 heavy (non-hydrogen) atoms. The van der Waals surface area contributed by atoms with E-state index in [1.165, 1.54) is 22.3 Å². The van der Waals surface area contributed by atoms with Gasteiger partial charge in [-0.25, -0.2) is 4.79 Å². The van der Waals surface area contributed by atoms with Crippen LogP contribution in [-0.4, -0.2) is 17.9 Å². The van der Waals surface area contributed by atoms with E-state index in [-0.39, 0.29) is 12.4 Å². The summed E-state index contributed by atoms with van der Waals surface area (Å²) < 4.78 is 5.26. The first kappa shape index (κ1) is 21.8. The molecule has 0 fully saturated rings. The molecular weight excluding hydrogens is 398 g/mol. The van der Waals surface area contributed by atoms with Crippen molar-refractivity contribution in [2.75, 3.05) is 0 Å². The van der Waals surface area contributed by atoms with Gasteiger partial charge in [-0.15, -0.1) is 0 Å². The summed E-state index contributed by atoms with van der Waals surface area (Å²) in [6.07, 6.45) is 3.36. The normalized spacial score (nSPS) is 15.5. The third kappa shape index (κ3) is 5.64. The SMILES string of the molecule is CCCc1cccc2c1CCC(NC(=O)OCc1ccccc1)C(=O)C2.c1cc2cc-2c1. The van der Waals surface area contributed by atoms with Gasteiger partial charge in [-0.2, -0.15) is 0 Å². The van der Waals surface area contributed by atoms with Crippen molar-refractivity contribution in [1.82, 2.24) is 5.32 Å². The maximum absolute atomic E-state index is 12.6. The highest BCUT2D eigenvalue weighted by Crippen LogP contribution is 2.32. The van der Waals surface area contributed by atoms with Crippen LogP contribution in [0, 0.1) is 0 Å². The quantitative estimate of drug-likeness (QED) is 0.418. The molecule has 0 saturated carbocycles. The number of fused-ring (bicyclic) bond motifs is 2. The van der Waals surface area contributed by atoms with Crippen LogP contribution in [0.4, 0.5) is 4.79 Å². The van der Waals surface area contributed by atoms with Gasteiger partial charge in [0.15, 0.2) is 5.78 Å². The molecule has 1 unspecified atom stereocenters. The van der Waals surface area contributed by atoms with Gasteiger partial charge in [0.25, 0.3) is 0 Å². The van der Waals surface area contributed by atoms with E-state index in [1.54, 1.807) is 0 Å². The summed E-state index contributed by atoms with van der Waals surface area (Å²) in [6, 6.07) is 23.7. The zero-order valence-corrected chi connectivity index (χ0v) is 18.5. The standard InChI is InChI=1S/C22H25NO3.C6H4/c1-2-7-17-10-6-11-18-14-21(24)20(13-12-19(17)18)23-22(25)26-15-16-8-4-3-5-9-16;1-2-5-4-6(5)3-1/h3-6,8-11,20H,2,7,12-15H2,1H3,(H,23,25);1-4H. The Kier molecular flexibility index (Phi) is 7.00. The second kappa shape index (κ2) is 10.3. The van der Waals surface area contributed by atoms with Crippen LogP contribution in [0.5, 0.6) is 0 Å². The van der Waals surface area contributed by atoms with E-state index < -0.39 is 12.1 Å². The molecule has 2 aromatic rings. The number of hydrogen-bond acceptors (Lipinski definition) is 3. The number of nitrogens with one attached hydrogen (secondary N) is 1. The number of ether oxygens (including phenoxy) is 1. The number of amides is 1. The second-order valence-electron chi connectivity index (χ2n) is 8.33. The summed E-state index contributed by atoms with van der Waals surface area (Å²) >= 11 is 0. The molecule has 164 valence electrons. The van der Waals surface area contributed by atoms with Crippen LogP contribution in [0.1, 0.15) is 42.0 Å². The fourth-order valence-corrected chi connectivity index (χ4v) is 4.17. The Morgan fingerprint density at radius 1 is 1.00 bits per heavy atom. The molecule has 0 radical (unpaired) electrons. The Morgan fingerprint density at radius 3 is 2.41 bits per heavy atom. The van der Waals surface area contributed by atoms with Crippen molar-refractivity contribution >= 4 is 11.9 Å². The van der Waals surface area contributed by atoms with E-state index in [2.05, 4.69) is 42.6 Å². The van der Waals surface area contributed by atoms with Crippen molar-refractivity contribution in [3.8, 4) is 11.1 Å². The lowest BCUT2D eigenvalue weighted by molar-refractivity contribution is -0.120. The molecule has 4 nitrogen and oxygen atoms in total. The molecule has 0 saturated heterocycles. The molecule has 0 aliphatic heterocycles. The zero-order chi connectivity index (χ0) is 22.3. The molecule has 0 bridgehead atoms. The number of carbonyl (C=O) groups excluding carboxylic acids is 2. The molecule has 0 aromatic heterocycles. The fourth-order valence-electron chi connectivity index (χ4n) is 4.17. The lowest BCUT2D eigenvalue weighted by Gasteiger charge is -2.15. The average Bonchev–Trinajstić information content (AvgIpc) is 3.45. The van der Waals surface area contributed by atoms with Crippen LogP contribution in [-0.2, 0) is 35.4 Å². The second-order valence-corrected chi connectivity index (χ2v) is 8.33. The Labute approximate surface area is 189 Å². The maximum atomic E-state index is 12.6. The van der Waals surface area contributed by atoms with E-state index in [0.29, 0.717) is 12.8 Å². The van der Waals surface area contributed by atoms with Crippen molar-refractivity contribution in [3.05, 3.63) is 95.1 Å². The summed E-state index contributed by atoms with van der Waals surface area (Å²) in [4.78, 5) is 24.7. The minimum absolute atomic E-state index is 0.0501. The number of Topliss-reactive ketones (excluding diaryl/α,β-unsaturated/α-hetero) is 1. The highest BCUT2D eigenvalue weighted by atomic mass is 16.5. The zero-order valence-electron chi connectivity index (χ0n) is 18.5. The molecule has 1 atom stereocenters. The fraction of sp³-hybridized carbons (Fsp3) is 0.286. The summed E-state index contributed by atoms with van der Waals surface area (Å²) in [6.45, 7) is 2.36. The lowest BCUT2D eigenvalue weighted by atomic mass is 9.94. The van der Waals surface area contributed by atoms with Crippen molar-refractivity contribution in [3.63, 3.8) is 0 Å². The number of rotatable bonds is 5. The number of benzene rings is 3. The van der Waals surface area contributed by atoms with Crippen LogP contribution in [0.15, 0.2) is 72.8 Å². The summed E-state index contributed by atoms with van der Waals surface area (Å²) in [5.41, 5.74) is 7.48. The van der Waals surface area contributed by atoms with Crippen molar-refractivity contribution in [2.24, 2.45) is 0 Å². The largest absolute Gasteiger partial charge is 0.445 e. The van der Waals surface area contributed by atoms with Crippen molar-refractivity contribution in [1.29, 1.82) is 0 Å². The third-order valence-electron chi connectivity index (χ3n) is 5.94. The van der Waals surface area contributed by atoms with Crippen molar-refractivity contribution < 1.29 is 14.3 Å². The molecule has 2 aromatic carbocycles. The average molecular weight is 428 g/mol. The predicted octanol–water partition coefficient (Wildman–Crippen LogP) is 5.66. The van der Waals surface area contributed by atoms with Crippen LogP contribution in [0.2, 0.25) is 0 Å². The minimum Gasteiger partial charge on any atom is -0.445 e. The number of alkyl carbamates (subject to hydrolysis) is 1. The smallest absolute Gasteiger partial charge is 0.408 e. The van der Waals surface area contributed by atoms with Gasteiger partial charge >= 0.3 is 6.09 Å². The van der Waals surface area contributed by atoms with Gasteiger partial charge in [-0.05, 0) is 58.7 Å². The summed E-state index contributed by atoms with van der Waals surface area (Å²) in [5, 5.41) is 2.75. The van der Waals surface area contributed by atoms with Crippen LogP contribution in [0.3, 0.4) is 0 Å². The Balaban J connectivity index is 0.000000346. The first-order chi connectivity index (χ1) is 15.6. The highest BCUT2D eigenvalue weighted by molar-refractivity contribution is 5.90.